The number of aliphatic hydroxyl groups is 2. The standard InChI is InChI=1S/C30H31N3O2/c1-17-25(21-11-7-5-8-12-21)19(3)31-27(17)29(34)23-15-16-24(33-23)30(35)28-18(2)26(20(4)32-28)22-13-9-6-10-14-22/h5-16,29-35H,1-4H3. The first-order chi connectivity index (χ1) is 16.9. The molecule has 0 aliphatic rings. The highest BCUT2D eigenvalue weighted by Crippen LogP contribution is 2.36. The van der Waals surface area contributed by atoms with Crippen LogP contribution in [0.1, 0.15) is 57.5 Å². The molecule has 3 heterocycles. The van der Waals surface area contributed by atoms with Crippen molar-refractivity contribution in [3.8, 4) is 22.3 Å². The predicted octanol–water partition coefficient (Wildman–Crippen LogP) is 6.40. The van der Waals surface area contributed by atoms with Crippen LogP contribution in [-0.2, 0) is 0 Å². The maximum Gasteiger partial charge on any atom is 0.134 e. The van der Waals surface area contributed by atoms with Gasteiger partial charge in [0, 0.05) is 22.5 Å². The van der Waals surface area contributed by atoms with Crippen LogP contribution in [0.15, 0.2) is 72.8 Å². The monoisotopic (exact) mass is 465 g/mol. The van der Waals surface area contributed by atoms with Crippen LogP contribution >= 0.6 is 0 Å². The minimum atomic E-state index is -0.863. The second-order valence-electron chi connectivity index (χ2n) is 9.23. The van der Waals surface area contributed by atoms with E-state index in [0.29, 0.717) is 11.4 Å². The van der Waals surface area contributed by atoms with Crippen molar-refractivity contribution in [2.45, 2.75) is 39.9 Å². The molecule has 0 spiro atoms. The van der Waals surface area contributed by atoms with Crippen LogP contribution in [0.2, 0.25) is 0 Å². The molecular weight excluding hydrogens is 434 g/mol. The Morgan fingerprint density at radius 2 is 0.886 bits per heavy atom. The van der Waals surface area contributed by atoms with Crippen molar-refractivity contribution in [2.75, 3.05) is 0 Å². The average molecular weight is 466 g/mol. The fourth-order valence-corrected chi connectivity index (χ4v) is 5.23. The molecule has 2 unspecified atom stereocenters. The third-order valence-corrected chi connectivity index (χ3v) is 6.94. The Kier molecular flexibility index (Phi) is 5.97. The van der Waals surface area contributed by atoms with E-state index in [0.717, 1.165) is 56.2 Å². The molecule has 3 aromatic heterocycles. The molecule has 0 amide bonds. The molecule has 0 radical (unpaired) electrons. The molecule has 5 aromatic rings. The highest BCUT2D eigenvalue weighted by atomic mass is 16.3. The van der Waals surface area contributed by atoms with Crippen molar-refractivity contribution in [3.63, 3.8) is 0 Å². The van der Waals surface area contributed by atoms with Crippen molar-refractivity contribution in [1.82, 2.24) is 15.0 Å². The van der Waals surface area contributed by atoms with E-state index >= 15 is 0 Å². The van der Waals surface area contributed by atoms with Crippen molar-refractivity contribution in [2.24, 2.45) is 0 Å². The number of aryl methyl sites for hydroxylation is 2. The number of benzene rings is 2. The van der Waals surface area contributed by atoms with Crippen LogP contribution in [0.5, 0.6) is 0 Å². The second-order valence-corrected chi connectivity index (χ2v) is 9.23. The lowest BCUT2D eigenvalue weighted by molar-refractivity contribution is 0.202. The highest BCUT2D eigenvalue weighted by molar-refractivity contribution is 5.72. The third kappa shape index (κ3) is 4.03. The number of H-pyrrole nitrogens is 3. The summed E-state index contributed by atoms with van der Waals surface area (Å²) in [6.07, 6.45) is -1.73. The molecule has 5 N–H and O–H groups in total. The lowest BCUT2D eigenvalue weighted by Crippen LogP contribution is -2.06. The molecule has 0 saturated carbocycles. The molecule has 5 nitrogen and oxygen atoms in total. The summed E-state index contributed by atoms with van der Waals surface area (Å²) >= 11 is 0. The Labute approximate surface area is 205 Å². The fourth-order valence-electron chi connectivity index (χ4n) is 5.23. The van der Waals surface area contributed by atoms with Crippen LogP contribution in [0, 0.1) is 27.7 Å². The SMILES string of the molecule is Cc1[nH]c(C(O)c2ccc(C(O)c3[nH]c(C)c(-c4ccccc4)c3C)[nH]2)c(C)c1-c1ccccc1. The van der Waals surface area contributed by atoms with Crippen LogP contribution in [0.25, 0.3) is 22.3 Å². The first-order valence-electron chi connectivity index (χ1n) is 11.9. The molecular formula is C30H31N3O2. The molecule has 5 rings (SSSR count). The van der Waals surface area contributed by atoms with Crippen molar-refractivity contribution < 1.29 is 10.2 Å². The average Bonchev–Trinajstić information content (AvgIpc) is 3.55. The Bertz CT molecular complexity index is 1350. The van der Waals surface area contributed by atoms with Crippen LogP contribution in [0.4, 0.5) is 0 Å². The molecule has 0 saturated heterocycles. The van der Waals surface area contributed by atoms with Crippen LogP contribution in [-0.4, -0.2) is 25.2 Å². The summed E-state index contributed by atoms with van der Waals surface area (Å²) in [5.41, 5.74) is 11.3. The van der Waals surface area contributed by atoms with Gasteiger partial charge in [-0.3, -0.25) is 0 Å². The first kappa shape index (κ1) is 23.0. The van der Waals surface area contributed by atoms with Crippen molar-refractivity contribution in [1.29, 1.82) is 0 Å². The summed E-state index contributed by atoms with van der Waals surface area (Å²) in [6.45, 7) is 8.10. The van der Waals surface area contributed by atoms with E-state index in [4.69, 9.17) is 0 Å². The lowest BCUT2D eigenvalue weighted by atomic mass is 9.99. The molecule has 35 heavy (non-hydrogen) atoms. The summed E-state index contributed by atoms with van der Waals surface area (Å²) in [7, 11) is 0. The largest absolute Gasteiger partial charge is 0.381 e. The second kappa shape index (κ2) is 9.10. The summed E-state index contributed by atoms with van der Waals surface area (Å²) in [5.74, 6) is 0. The van der Waals surface area contributed by atoms with Gasteiger partial charge < -0.3 is 25.2 Å². The van der Waals surface area contributed by atoms with E-state index in [1.807, 2.05) is 76.2 Å². The number of hydrogen-bond donors (Lipinski definition) is 5. The van der Waals surface area contributed by atoms with Gasteiger partial charge in [0.15, 0.2) is 0 Å². The highest BCUT2D eigenvalue weighted by Gasteiger charge is 2.25. The Morgan fingerprint density at radius 1 is 0.514 bits per heavy atom. The Balaban J connectivity index is 1.44. The van der Waals surface area contributed by atoms with Crippen molar-refractivity contribution in [3.05, 3.63) is 118 Å². The van der Waals surface area contributed by atoms with Gasteiger partial charge in [-0.15, -0.1) is 0 Å². The minimum absolute atomic E-state index is 0.632. The molecule has 2 aromatic carbocycles. The van der Waals surface area contributed by atoms with Gasteiger partial charge in [-0.25, -0.2) is 0 Å². The lowest BCUT2D eigenvalue weighted by Gasteiger charge is -2.12. The van der Waals surface area contributed by atoms with Crippen molar-refractivity contribution >= 4 is 0 Å². The molecule has 0 aliphatic carbocycles. The molecule has 2 atom stereocenters. The molecule has 5 heteroatoms. The summed E-state index contributed by atoms with van der Waals surface area (Å²) in [5, 5.41) is 22.4. The molecule has 0 fully saturated rings. The zero-order valence-electron chi connectivity index (χ0n) is 20.5. The predicted molar refractivity (Wildman–Crippen MR) is 140 cm³/mol. The van der Waals surface area contributed by atoms with E-state index in [-0.39, 0.29) is 0 Å². The minimum Gasteiger partial charge on any atom is -0.381 e. The van der Waals surface area contributed by atoms with Gasteiger partial charge in [0.1, 0.15) is 12.2 Å². The van der Waals surface area contributed by atoms with E-state index in [1.165, 1.54) is 0 Å². The van der Waals surface area contributed by atoms with Gasteiger partial charge in [0.05, 0.1) is 22.8 Å². The number of rotatable bonds is 6. The molecule has 178 valence electrons. The fraction of sp³-hybridized carbons (Fsp3) is 0.200. The van der Waals surface area contributed by atoms with Crippen LogP contribution in [0.3, 0.4) is 0 Å². The molecule has 0 bridgehead atoms. The Morgan fingerprint density at radius 3 is 1.26 bits per heavy atom. The number of nitrogens with one attached hydrogen (secondary N) is 3. The normalized spacial score (nSPS) is 13.2. The van der Waals surface area contributed by atoms with Gasteiger partial charge >= 0.3 is 0 Å². The third-order valence-electron chi connectivity index (χ3n) is 6.94. The van der Waals surface area contributed by atoms with Gasteiger partial charge in [-0.1, -0.05) is 60.7 Å². The summed E-state index contributed by atoms with van der Waals surface area (Å²) in [4.78, 5) is 10.0. The zero-order chi connectivity index (χ0) is 24.7. The molecule has 0 aliphatic heterocycles. The number of aliphatic hydroxyl groups excluding tert-OH is 2. The quantitative estimate of drug-likeness (QED) is 0.201. The van der Waals surface area contributed by atoms with Gasteiger partial charge in [0.25, 0.3) is 0 Å². The summed E-state index contributed by atoms with van der Waals surface area (Å²) < 4.78 is 0. The van der Waals surface area contributed by atoms with Gasteiger partial charge in [0.2, 0.25) is 0 Å². The maximum atomic E-state index is 11.2. The number of hydrogen-bond acceptors (Lipinski definition) is 2. The van der Waals surface area contributed by atoms with E-state index in [2.05, 4.69) is 39.2 Å². The number of aromatic nitrogens is 3. The number of aromatic amines is 3. The topological polar surface area (TPSA) is 87.8 Å². The maximum absolute atomic E-state index is 11.2. The van der Waals surface area contributed by atoms with Crippen LogP contribution < -0.4 is 0 Å². The summed E-state index contributed by atoms with van der Waals surface area (Å²) in [6, 6.07) is 24.0. The first-order valence-corrected chi connectivity index (χ1v) is 11.9. The van der Waals surface area contributed by atoms with E-state index < -0.39 is 12.2 Å². The van der Waals surface area contributed by atoms with E-state index in [9.17, 15) is 10.2 Å². The van der Waals surface area contributed by atoms with Gasteiger partial charge in [-0.2, -0.15) is 0 Å². The Hall–Kier alpha value is -3.80. The zero-order valence-corrected chi connectivity index (χ0v) is 20.5. The van der Waals surface area contributed by atoms with Gasteiger partial charge in [-0.05, 0) is 62.1 Å². The van der Waals surface area contributed by atoms with E-state index in [1.54, 1.807) is 0 Å². The smallest absolute Gasteiger partial charge is 0.134 e.